The van der Waals surface area contributed by atoms with Gasteiger partial charge in [0.05, 0.1) is 0 Å². The average molecular weight is 166 g/mol. The number of unbranched alkanes of at least 4 members (excludes halogenated alkanes) is 1. The largest absolute Gasteiger partial charge is 0.0853 e. The van der Waals surface area contributed by atoms with Crippen LogP contribution in [0.1, 0.15) is 64.7 Å². The van der Waals surface area contributed by atoms with Crippen LogP contribution in [0.3, 0.4) is 0 Å². The molecule has 0 spiro atoms. The highest BCUT2D eigenvalue weighted by Crippen LogP contribution is 2.20. The number of rotatable bonds is 3. The molecule has 0 heteroatoms. The highest BCUT2D eigenvalue weighted by Gasteiger charge is 2.00. The van der Waals surface area contributed by atoms with E-state index < -0.39 is 0 Å². The third-order valence-electron chi connectivity index (χ3n) is 2.74. The molecule has 0 saturated carbocycles. The van der Waals surface area contributed by atoms with Gasteiger partial charge in [0.1, 0.15) is 0 Å². The van der Waals surface area contributed by atoms with Crippen molar-refractivity contribution >= 4 is 0 Å². The zero-order chi connectivity index (χ0) is 8.65. The first-order chi connectivity index (χ1) is 5.93. The molecule has 0 N–H and O–H groups in total. The van der Waals surface area contributed by atoms with Crippen molar-refractivity contribution in [3.63, 3.8) is 0 Å². The van der Waals surface area contributed by atoms with E-state index in [9.17, 15) is 0 Å². The molecule has 12 heavy (non-hydrogen) atoms. The maximum absolute atomic E-state index is 2.51. The van der Waals surface area contributed by atoms with Crippen LogP contribution in [0.15, 0.2) is 11.6 Å². The van der Waals surface area contributed by atoms with Crippen LogP contribution in [-0.4, -0.2) is 0 Å². The summed E-state index contributed by atoms with van der Waals surface area (Å²) in [5.74, 6) is 0. The Hall–Kier alpha value is -0.260. The van der Waals surface area contributed by atoms with Crippen molar-refractivity contribution in [3.8, 4) is 0 Å². The minimum Gasteiger partial charge on any atom is -0.0853 e. The summed E-state index contributed by atoms with van der Waals surface area (Å²) in [7, 11) is 0. The van der Waals surface area contributed by atoms with Gasteiger partial charge in [-0.2, -0.15) is 0 Å². The molecule has 0 heterocycles. The van der Waals surface area contributed by atoms with Crippen LogP contribution in [0.4, 0.5) is 0 Å². The van der Waals surface area contributed by atoms with Crippen LogP contribution in [0.5, 0.6) is 0 Å². The fourth-order valence-electron chi connectivity index (χ4n) is 1.89. The second kappa shape index (κ2) is 6.28. The maximum Gasteiger partial charge on any atom is -0.0320 e. The molecule has 1 aliphatic rings. The molecule has 0 aromatic rings. The van der Waals surface area contributed by atoms with Gasteiger partial charge >= 0.3 is 0 Å². The van der Waals surface area contributed by atoms with Crippen molar-refractivity contribution in [1.82, 2.24) is 0 Å². The molecule has 0 fully saturated rings. The Morgan fingerprint density at radius 1 is 1.17 bits per heavy atom. The van der Waals surface area contributed by atoms with E-state index in [1.54, 1.807) is 5.57 Å². The number of allylic oxidation sites excluding steroid dienone is 2. The molecule has 0 bridgehead atoms. The molecule has 0 atom stereocenters. The molecule has 1 rings (SSSR count). The monoisotopic (exact) mass is 166 g/mol. The molecule has 0 amide bonds. The van der Waals surface area contributed by atoms with Gasteiger partial charge in [0.25, 0.3) is 0 Å². The molecular weight excluding hydrogens is 144 g/mol. The minimum atomic E-state index is 1.34. The first-order valence-corrected chi connectivity index (χ1v) is 5.61. The summed E-state index contributed by atoms with van der Waals surface area (Å²) in [6.45, 7) is 2.28. The van der Waals surface area contributed by atoms with Crippen LogP contribution < -0.4 is 0 Å². The van der Waals surface area contributed by atoms with E-state index in [0.717, 1.165) is 0 Å². The zero-order valence-corrected chi connectivity index (χ0v) is 8.44. The summed E-state index contributed by atoms with van der Waals surface area (Å²) >= 11 is 0. The van der Waals surface area contributed by atoms with Crippen LogP contribution in [0.2, 0.25) is 0 Å². The molecule has 0 unspecified atom stereocenters. The lowest BCUT2D eigenvalue weighted by molar-refractivity contribution is 0.607. The third kappa shape index (κ3) is 3.94. The van der Waals surface area contributed by atoms with Gasteiger partial charge in [0.15, 0.2) is 0 Å². The summed E-state index contributed by atoms with van der Waals surface area (Å²) in [6.07, 6.45) is 15.1. The smallest absolute Gasteiger partial charge is 0.0320 e. The fourth-order valence-corrected chi connectivity index (χ4v) is 1.89. The van der Waals surface area contributed by atoms with Crippen molar-refractivity contribution < 1.29 is 0 Å². The Morgan fingerprint density at radius 2 is 2.00 bits per heavy atom. The molecule has 1 aliphatic carbocycles. The fraction of sp³-hybridized carbons (Fsp3) is 0.833. The Kier molecular flexibility index (Phi) is 5.14. The predicted octanol–water partition coefficient (Wildman–Crippen LogP) is 4.46. The lowest BCUT2D eigenvalue weighted by atomic mass is 9.96. The number of hydrogen-bond donors (Lipinski definition) is 0. The molecule has 0 nitrogen and oxygen atoms in total. The van der Waals surface area contributed by atoms with Crippen LogP contribution in [0.25, 0.3) is 0 Å². The molecule has 0 saturated heterocycles. The van der Waals surface area contributed by atoms with E-state index in [1.807, 2.05) is 0 Å². The second-order valence-corrected chi connectivity index (χ2v) is 3.92. The van der Waals surface area contributed by atoms with E-state index in [4.69, 9.17) is 0 Å². The van der Waals surface area contributed by atoms with Crippen molar-refractivity contribution in [2.45, 2.75) is 64.7 Å². The average Bonchev–Trinajstić information content (AvgIpc) is 2.02. The molecule has 70 valence electrons. The van der Waals surface area contributed by atoms with Crippen LogP contribution >= 0.6 is 0 Å². The summed E-state index contributed by atoms with van der Waals surface area (Å²) in [5, 5.41) is 0. The highest BCUT2D eigenvalue weighted by molar-refractivity contribution is 5.02. The van der Waals surface area contributed by atoms with Crippen molar-refractivity contribution in [3.05, 3.63) is 11.6 Å². The third-order valence-corrected chi connectivity index (χ3v) is 2.74. The lowest BCUT2D eigenvalue weighted by Crippen LogP contribution is -1.90. The standard InChI is InChI=1S/C12H22/c1-2-3-9-12-10-7-5-4-6-8-11-12/h10H,2-9,11H2,1H3. The Morgan fingerprint density at radius 3 is 2.83 bits per heavy atom. The quantitative estimate of drug-likeness (QED) is 0.543. The molecule has 0 aromatic heterocycles. The Bertz CT molecular complexity index is 133. The normalized spacial score (nSPS) is 19.6. The van der Waals surface area contributed by atoms with E-state index >= 15 is 0 Å². The van der Waals surface area contributed by atoms with Gasteiger partial charge in [-0.3, -0.25) is 0 Å². The summed E-state index contributed by atoms with van der Waals surface area (Å²) in [4.78, 5) is 0. The predicted molar refractivity (Wildman–Crippen MR) is 55.3 cm³/mol. The van der Waals surface area contributed by atoms with E-state index in [2.05, 4.69) is 13.0 Å². The van der Waals surface area contributed by atoms with Gasteiger partial charge in [-0.25, -0.2) is 0 Å². The molecular formula is C12H22. The Labute approximate surface area is 77.1 Å². The summed E-state index contributed by atoms with van der Waals surface area (Å²) in [5.41, 5.74) is 1.75. The second-order valence-electron chi connectivity index (χ2n) is 3.92. The van der Waals surface area contributed by atoms with Gasteiger partial charge in [0, 0.05) is 0 Å². The highest BCUT2D eigenvalue weighted by atomic mass is 14.1. The van der Waals surface area contributed by atoms with Gasteiger partial charge in [0.2, 0.25) is 0 Å². The Balaban J connectivity index is 2.26. The van der Waals surface area contributed by atoms with Gasteiger partial charge < -0.3 is 0 Å². The van der Waals surface area contributed by atoms with Crippen molar-refractivity contribution in [2.75, 3.05) is 0 Å². The van der Waals surface area contributed by atoms with Gasteiger partial charge in [-0.05, 0) is 38.5 Å². The summed E-state index contributed by atoms with van der Waals surface area (Å²) < 4.78 is 0. The zero-order valence-electron chi connectivity index (χ0n) is 8.44. The minimum absolute atomic E-state index is 1.34. The topological polar surface area (TPSA) is 0 Å². The first kappa shape index (κ1) is 9.83. The van der Waals surface area contributed by atoms with Crippen LogP contribution in [0, 0.1) is 0 Å². The van der Waals surface area contributed by atoms with Crippen molar-refractivity contribution in [1.29, 1.82) is 0 Å². The summed E-state index contributed by atoms with van der Waals surface area (Å²) in [6, 6.07) is 0. The maximum atomic E-state index is 2.51. The van der Waals surface area contributed by atoms with Crippen LogP contribution in [-0.2, 0) is 0 Å². The van der Waals surface area contributed by atoms with Crippen molar-refractivity contribution in [2.24, 2.45) is 0 Å². The van der Waals surface area contributed by atoms with Gasteiger partial charge in [-0.1, -0.05) is 37.8 Å². The molecule has 0 aromatic carbocycles. The SMILES string of the molecule is CCCCC1=CCCCCCC1. The van der Waals surface area contributed by atoms with Gasteiger partial charge in [-0.15, -0.1) is 0 Å². The molecule has 0 aliphatic heterocycles. The van der Waals surface area contributed by atoms with E-state index in [1.165, 1.54) is 57.8 Å². The number of hydrogen-bond acceptors (Lipinski definition) is 0. The lowest BCUT2D eigenvalue weighted by Gasteiger charge is -2.10. The van der Waals surface area contributed by atoms with E-state index in [0.29, 0.717) is 0 Å². The van der Waals surface area contributed by atoms with E-state index in [-0.39, 0.29) is 0 Å². The molecule has 0 radical (unpaired) electrons. The first-order valence-electron chi connectivity index (χ1n) is 5.61.